The summed E-state index contributed by atoms with van der Waals surface area (Å²) in [4.78, 5) is 10.3. The van der Waals surface area contributed by atoms with Gasteiger partial charge in [0.1, 0.15) is 11.6 Å². The summed E-state index contributed by atoms with van der Waals surface area (Å²) in [6.45, 7) is 22.6. The van der Waals surface area contributed by atoms with E-state index >= 15 is 0 Å². The molecule has 1 N–H and O–H groups in total. The van der Waals surface area contributed by atoms with Gasteiger partial charge >= 0.3 is 0 Å². The van der Waals surface area contributed by atoms with Crippen molar-refractivity contribution in [2.75, 3.05) is 0 Å². The molecule has 0 radical (unpaired) electrons. The van der Waals surface area contributed by atoms with Gasteiger partial charge in [0.15, 0.2) is 0 Å². The predicted octanol–water partition coefficient (Wildman–Crippen LogP) is 11.8. The van der Waals surface area contributed by atoms with Gasteiger partial charge in [-0.15, -0.1) is 28.8 Å². The van der Waals surface area contributed by atoms with Crippen molar-refractivity contribution in [3.8, 4) is 45.2 Å². The average molecular weight is 830 g/mol. The molecule has 2 heterocycles. The average Bonchev–Trinajstić information content (AvgIpc) is 3.42. The smallest absolute Gasteiger partial charge is 0.148 e. The van der Waals surface area contributed by atoms with Gasteiger partial charge in [-0.05, 0) is 58.1 Å². The fraction of sp³-hybridized carbons (Fsp3) is 0.318. The third-order valence-electron chi connectivity index (χ3n) is 9.28. The summed E-state index contributed by atoms with van der Waals surface area (Å²) in [5, 5.41) is 11.3. The number of aromatic hydroxyl groups is 1. The monoisotopic (exact) mass is 829 g/mol. The molecule has 0 aliphatic rings. The summed E-state index contributed by atoms with van der Waals surface area (Å²) in [5.41, 5.74) is 12.3. The summed E-state index contributed by atoms with van der Waals surface area (Å²) in [6.07, 6.45) is 1.85. The zero-order valence-corrected chi connectivity index (χ0v) is 32.7. The maximum absolute atomic E-state index is 11.3. The molecule has 2 aromatic heterocycles. The molecule has 6 aromatic rings. The van der Waals surface area contributed by atoms with Crippen LogP contribution in [0.25, 0.3) is 50.5 Å². The van der Waals surface area contributed by atoms with Crippen LogP contribution in [-0.4, -0.2) is 19.6 Å². The van der Waals surface area contributed by atoms with Gasteiger partial charge in [-0.2, -0.15) is 0 Å². The van der Waals surface area contributed by atoms with E-state index in [2.05, 4.69) is 128 Å². The molecule has 0 amide bonds. The van der Waals surface area contributed by atoms with Crippen molar-refractivity contribution in [2.24, 2.45) is 0 Å². The van der Waals surface area contributed by atoms with E-state index in [-0.39, 0.29) is 49.5 Å². The van der Waals surface area contributed by atoms with Gasteiger partial charge in [0, 0.05) is 33.0 Å². The number of imidazole rings is 1. The van der Waals surface area contributed by atoms with E-state index in [0.29, 0.717) is 5.56 Å². The molecule has 0 saturated carbocycles. The molecule has 49 heavy (non-hydrogen) atoms. The zero-order valence-electron chi connectivity index (χ0n) is 30.4. The molecule has 5 heteroatoms. The first-order valence-corrected chi connectivity index (χ1v) is 17.1. The van der Waals surface area contributed by atoms with Gasteiger partial charge < -0.3 is 5.11 Å². The van der Waals surface area contributed by atoms with Crippen LogP contribution in [0.1, 0.15) is 103 Å². The van der Waals surface area contributed by atoms with Crippen LogP contribution in [0.15, 0.2) is 91.1 Å². The number of rotatable bonds is 6. The summed E-state index contributed by atoms with van der Waals surface area (Å²) in [7, 11) is 0. The van der Waals surface area contributed by atoms with E-state index in [1.165, 1.54) is 22.3 Å². The number of aromatic nitrogens is 3. The van der Waals surface area contributed by atoms with Crippen molar-refractivity contribution in [1.82, 2.24) is 14.5 Å². The predicted molar refractivity (Wildman–Crippen MR) is 201 cm³/mol. The van der Waals surface area contributed by atoms with Gasteiger partial charge in [0.25, 0.3) is 0 Å². The van der Waals surface area contributed by atoms with Crippen LogP contribution in [0.2, 0.25) is 0 Å². The van der Waals surface area contributed by atoms with Gasteiger partial charge in [0.05, 0.1) is 22.3 Å². The Balaban J connectivity index is 0.00000468. The molecule has 0 fully saturated rings. The molecule has 4 nitrogen and oxygen atoms in total. The number of pyridine rings is 1. The Hall–Kier alpha value is -4.01. The molecule has 0 saturated heterocycles. The molecular weight excluding hydrogens is 782 g/mol. The Morgan fingerprint density at radius 1 is 0.673 bits per heavy atom. The number of nitrogens with zero attached hydrogens (tertiary/aromatic N) is 3. The van der Waals surface area contributed by atoms with Crippen LogP contribution < -0.4 is 0 Å². The number of hydrogen-bond acceptors (Lipinski definition) is 3. The number of phenolic OH excluding ortho intramolecular Hbond substituents is 1. The van der Waals surface area contributed by atoms with Gasteiger partial charge in [-0.1, -0.05) is 135 Å². The normalized spacial score (nSPS) is 12.2. The van der Waals surface area contributed by atoms with E-state index in [1.54, 1.807) is 6.07 Å². The first-order valence-electron chi connectivity index (χ1n) is 17.1. The third kappa shape index (κ3) is 6.78. The SMILES string of the molecule is CC(C)c1cccc(C(C)C)c1-n1c(-c2ccccc2O)nc2c(-c3[c-]c(-c4ccccn4)c(C(C)(C)C)cc3C(C)(C)C)cccc21.[Pt]. The minimum Gasteiger partial charge on any atom is -0.507 e. The largest absolute Gasteiger partial charge is 0.507 e. The third-order valence-corrected chi connectivity index (χ3v) is 9.28. The fourth-order valence-corrected chi connectivity index (χ4v) is 6.80. The number of benzene rings is 4. The standard InChI is InChI=1S/C44H48N3O.Pt/c1-27(2)29-18-15-19-30(28(3)4)41(29)47-38-22-16-20-31(40(38)46-42(47)32-17-11-12-23-39(32)48)33-25-34(37-21-13-14-24-45-37)36(44(8,9)10)26-35(33)43(5,6)7;/h11-24,26-28,48H,1-10H3;/q-1;. The Labute approximate surface area is 306 Å². The zero-order chi connectivity index (χ0) is 34.5. The van der Waals surface area contributed by atoms with Gasteiger partial charge in [0.2, 0.25) is 0 Å². The maximum Gasteiger partial charge on any atom is 0.148 e. The van der Waals surface area contributed by atoms with E-state index in [0.717, 1.165) is 44.9 Å². The Morgan fingerprint density at radius 3 is 1.82 bits per heavy atom. The minimum absolute atomic E-state index is 0. The van der Waals surface area contributed by atoms with Gasteiger partial charge in [-0.25, -0.2) is 4.98 Å². The van der Waals surface area contributed by atoms with Crippen LogP contribution in [0.5, 0.6) is 5.75 Å². The number of hydrogen-bond donors (Lipinski definition) is 1. The summed E-state index contributed by atoms with van der Waals surface area (Å²) >= 11 is 0. The number of para-hydroxylation sites is 3. The quantitative estimate of drug-likeness (QED) is 0.170. The van der Waals surface area contributed by atoms with Crippen molar-refractivity contribution >= 4 is 11.0 Å². The summed E-state index contributed by atoms with van der Waals surface area (Å²) in [5.74, 6) is 1.49. The topological polar surface area (TPSA) is 50.9 Å². The Bertz CT molecular complexity index is 2090. The second kappa shape index (κ2) is 13.7. The van der Waals surface area contributed by atoms with E-state index in [9.17, 15) is 5.11 Å². The molecule has 6 rings (SSSR count). The molecule has 4 aromatic carbocycles. The molecule has 0 aliphatic carbocycles. The van der Waals surface area contributed by atoms with Gasteiger partial charge in [-0.3, -0.25) is 9.55 Å². The summed E-state index contributed by atoms with van der Waals surface area (Å²) < 4.78 is 2.29. The van der Waals surface area contributed by atoms with Crippen molar-refractivity contribution in [2.45, 2.75) is 91.9 Å². The Kier molecular flexibility index (Phi) is 10.2. The van der Waals surface area contributed by atoms with E-state index in [4.69, 9.17) is 9.97 Å². The molecule has 256 valence electrons. The van der Waals surface area contributed by atoms with Crippen molar-refractivity contribution in [3.63, 3.8) is 0 Å². The molecule has 0 aliphatic heterocycles. The van der Waals surface area contributed by atoms with Crippen molar-refractivity contribution < 1.29 is 26.2 Å². The second-order valence-electron chi connectivity index (χ2n) is 15.6. The maximum atomic E-state index is 11.3. The fourth-order valence-electron chi connectivity index (χ4n) is 6.80. The van der Waals surface area contributed by atoms with Crippen LogP contribution >= 0.6 is 0 Å². The van der Waals surface area contributed by atoms with Crippen LogP contribution in [0, 0.1) is 6.07 Å². The van der Waals surface area contributed by atoms with E-state index < -0.39 is 0 Å². The van der Waals surface area contributed by atoms with Crippen LogP contribution in [0.3, 0.4) is 0 Å². The number of fused-ring (bicyclic) bond motifs is 1. The first-order chi connectivity index (χ1) is 22.7. The molecule has 0 spiro atoms. The molecular formula is C44H48N3OPt-. The Morgan fingerprint density at radius 2 is 1.24 bits per heavy atom. The first kappa shape index (κ1) is 36.3. The van der Waals surface area contributed by atoms with Crippen LogP contribution in [0.4, 0.5) is 0 Å². The van der Waals surface area contributed by atoms with Crippen molar-refractivity contribution in [1.29, 1.82) is 0 Å². The number of phenols is 1. The molecule has 0 unspecified atom stereocenters. The molecule has 0 bridgehead atoms. The summed E-state index contributed by atoms with van der Waals surface area (Å²) in [6, 6.07) is 33.0. The van der Waals surface area contributed by atoms with Crippen molar-refractivity contribution in [3.05, 3.63) is 119 Å². The van der Waals surface area contributed by atoms with Crippen LogP contribution in [-0.2, 0) is 31.9 Å². The molecule has 0 atom stereocenters. The van der Waals surface area contributed by atoms with E-state index in [1.807, 2.05) is 36.5 Å². The second-order valence-corrected chi connectivity index (χ2v) is 15.6. The minimum atomic E-state index is -0.172.